The van der Waals surface area contributed by atoms with Crippen molar-refractivity contribution in [2.24, 2.45) is 0 Å². The molecule has 32 heavy (non-hydrogen) atoms. The van der Waals surface area contributed by atoms with E-state index in [0.717, 1.165) is 47.9 Å². The Kier molecular flexibility index (Phi) is 7.82. The Balaban J connectivity index is 1.76. The Morgan fingerprint density at radius 2 is 1.94 bits per heavy atom. The number of nitrogens with one attached hydrogen (secondary N) is 1. The van der Waals surface area contributed by atoms with Crippen LogP contribution in [0.15, 0.2) is 58.5 Å². The summed E-state index contributed by atoms with van der Waals surface area (Å²) >= 11 is 7.11. The number of amides is 1. The van der Waals surface area contributed by atoms with E-state index in [4.69, 9.17) is 11.6 Å². The van der Waals surface area contributed by atoms with Gasteiger partial charge in [-0.2, -0.15) is 4.98 Å². The Morgan fingerprint density at radius 3 is 2.59 bits per heavy atom. The molecule has 3 rings (SSSR count). The van der Waals surface area contributed by atoms with E-state index in [0.29, 0.717) is 10.7 Å². The predicted molar refractivity (Wildman–Crippen MR) is 131 cm³/mol. The van der Waals surface area contributed by atoms with Crippen molar-refractivity contribution >= 4 is 40.6 Å². The van der Waals surface area contributed by atoms with E-state index in [1.54, 1.807) is 24.3 Å². The van der Waals surface area contributed by atoms with Crippen molar-refractivity contribution < 1.29 is 9.90 Å². The van der Waals surface area contributed by atoms with Crippen molar-refractivity contribution in [3.8, 4) is 11.6 Å². The quantitative estimate of drug-likeness (QED) is 0.371. The minimum Gasteiger partial charge on any atom is -0.493 e. The number of thioether (sulfide) groups is 1. The van der Waals surface area contributed by atoms with Gasteiger partial charge in [0.2, 0.25) is 11.8 Å². The lowest BCUT2D eigenvalue weighted by atomic mass is 10.1. The van der Waals surface area contributed by atoms with Gasteiger partial charge in [-0.3, -0.25) is 14.2 Å². The molecule has 0 radical (unpaired) electrons. The summed E-state index contributed by atoms with van der Waals surface area (Å²) in [4.78, 5) is 31.4. The average Bonchev–Trinajstić information content (AvgIpc) is 2.74. The van der Waals surface area contributed by atoms with E-state index in [1.165, 1.54) is 4.57 Å². The highest BCUT2D eigenvalue weighted by Gasteiger charge is 2.14. The molecule has 0 saturated carbocycles. The molecule has 0 spiro atoms. The van der Waals surface area contributed by atoms with Crippen LogP contribution < -0.4 is 15.8 Å². The lowest BCUT2D eigenvalue weighted by Crippen LogP contribution is -2.22. The highest BCUT2D eigenvalue weighted by Crippen LogP contribution is 2.25. The predicted octanol–water partition coefficient (Wildman–Crippen LogP) is 4.48. The zero-order valence-electron chi connectivity index (χ0n) is 18.1. The molecule has 0 unspecified atom stereocenters. The molecule has 1 aromatic heterocycles. The van der Waals surface area contributed by atoms with Gasteiger partial charge in [0.15, 0.2) is 5.16 Å². The Bertz CT molecular complexity index is 1180. The van der Waals surface area contributed by atoms with Crippen molar-refractivity contribution in [2.75, 3.05) is 29.1 Å². The number of rotatable bonds is 8. The molecule has 2 aromatic carbocycles. The molecule has 0 aliphatic carbocycles. The SMILES string of the molecule is CCN(CC)c1ccc(NC(=O)CSc2nc(O)cc(=O)n2-c2cccc(Cl)c2)c(C)c1. The molecule has 0 fully saturated rings. The first-order valence-corrected chi connectivity index (χ1v) is 11.6. The van der Waals surface area contributed by atoms with Crippen molar-refractivity contribution in [3.05, 3.63) is 69.5 Å². The van der Waals surface area contributed by atoms with Crippen molar-refractivity contribution in [2.45, 2.75) is 25.9 Å². The lowest BCUT2D eigenvalue weighted by Gasteiger charge is -2.22. The number of halogens is 1. The third kappa shape index (κ3) is 5.63. The molecule has 0 bridgehead atoms. The van der Waals surface area contributed by atoms with Crippen LogP contribution in [-0.2, 0) is 4.79 Å². The summed E-state index contributed by atoms with van der Waals surface area (Å²) in [6.07, 6.45) is 0. The summed E-state index contributed by atoms with van der Waals surface area (Å²) in [5.41, 5.74) is 2.82. The number of aromatic hydroxyl groups is 1. The number of aromatic nitrogens is 2. The van der Waals surface area contributed by atoms with Gasteiger partial charge in [-0.15, -0.1) is 0 Å². The number of benzene rings is 2. The maximum atomic E-state index is 12.6. The minimum absolute atomic E-state index is 0.00763. The monoisotopic (exact) mass is 472 g/mol. The summed E-state index contributed by atoms with van der Waals surface area (Å²) < 4.78 is 1.31. The molecule has 0 aliphatic rings. The Hall–Kier alpha value is -2.97. The van der Waals surface area contributed by atoms with Gasteiger partial charge in [-0.05, 0) is 62.7 Å². The van der Waals surface area contributed by atoms with Gasteiger partial charge in [0.1, 0.15) is 0 Å². The number of nitrogens with zero attached hydrogens (tertiary/aromatic N) is 3. The van der Waals surface area contributed by atoms with E-state index >= 15 is 0 Å². The molecule has 0 saturated heterocycles. The van der Waals surface area contributed by atoms with Gasteiger partial charge in [0.05, 0.1) is 17.5 Å². The zero-order chi connectivity index (χ0) is 23.3. The third-order valence-electron chi connectivity index (χ3n) is 4.89. The van der Waals surface area contributed by atoms with Crippen LogP contribution in [0.3, 0.4) is 0 Å². The molecular formula is C23H25ClN4O3S. The molecule has 9 heteroatoms. The second kappa shape index (κ2) is 10.6. The van der Waals surface area contributed by atoms with Crippen molar-refractivity contribution in [1.29, 1.82) is 0 Å². The largest absolute Gasteiger partial charge is 0.493 e. The first-order valence-electron chi connectivity index (χ1n) is 10.2. The van der Waals surface area contributed by atoms with E-state index < -0.39 is 11.4 Å². The fourth-order valence-corrected chi connectivity index (χ4v) is 4.29. The lowest BCUT2D eigenvalue weighted by molar-refractivity contribution is -0.113. The second-order valence-electron chi connectivity index (χ2n) is 7.06. The molecule has 1 heterocycles. The molecule has 0 atom stereocenters. The molecule has 0 aliphatic heterocycles. The number of anilines is 2. The third-order valence-corrected chi connectivity index (χ3v) is 6.06. The van der Waals surface area contributed by atoms with Gasteiger partial charge >= 0.3 is 0 Å². The number of aryl methyl sites for hydroxylation is 1. The van der Waals surface area contributed by atoms with Gasteiger partial charge in [-0.1, -0.05) is 29.4 Å². The summed E-state index contributed by atoms with van der Waals surface area (Å²) in [6.45, 7) is 7.96. The topological polar surface area (TPSA) is 87.5 Å². The fourth-order valence-electron chi connectivity index (χ4n) is 3.29. The van der Waals surface area contributed by atoms with Crippen LogP contribution in [0.25, 0.3) is 5.69 Å². The molecule has 7 nitrogen and oxygen atoms in total. The molecule has 168 valence electrons. The zero-order valence-corrected chi connectivity index (χ0v) is 19.7. The number of hydrogen-bond donors (Lipinski definition) is 2. The van der Waals surface area contributed by atoms with Crippen LogP contribution >= 0.6 is 23.4 Å². The molecule has 2 N–H and O–H groups in total. The van der Waals surface area contributed by atoms with Crippen LogP contribution in [0, 0.1) is 6.92 Å². The first-order chi connectivity index (χ1) is 15.3. The first kappa shape index (κ1) is 23.7. The summed E-state index contributed by atoms with van der Waals surface area (Å²) in [5.74, 6) is -0.642. The van der Waals surface area contributed by atoms with Crippen LogP contribution in [0.5, 0.6) is 5.88 Å². The number of carbonyl (C=O) groups excluding carboxylic acids is 1. The van der Waals surface area contributed by atoms with Crippen LogP contribution in [0.4, 0.5) is 11.4 Å². The summed E-state index contributed by atoms with van der Waals surface area (Å²) in [7, 11) is 0. The van der Waals surface area contributed by atoms with Gasteiger partial charge in [0, 0.05) is 29.5 Å². The maximum absolute atomic E-state index is 12.6. The van der Waals surface area contributed by atoms with Crippen LogP contribution in [0.2, 0.25) is 5.02 Å². The molecular weight excluding hydrogens is 448 g/mol. The van der Waals surface area contributed by atoms with Gasteiger partial charge in [-0.25, -0.2) is 0 Å². The normalized spacial score (nSPS) is 10.8. The highest BCUT2D eigenvalue weighted by atomic mass is 35.5. The second-order valence-corrected chi connectivity index (χ2v) is 8.44. The van der Waals surface area contributed by atoms with Gasteiger partial charge < -0.3 is 15.3 Å². The fraction of sp³-hybridized carbons (Fsp3) is 0.261. The Morgan fingerprint density at radius 1 is 1.19 bits per heavy atom. The minimum atomic E-state index is -0.467. The maximum Gasteiger partial charge on any atom is 0.262 e. The van der Waals surface area contributed by atoms with Crippen LogP contribution in [0.1, 0.15) is 19.4 Å². The molecule has 3 aromatic rings. The standard InChI is InChI=1S/C23H25ClN4O3S/c1-4-27(5-2)17-9-10-19(15(3)11-17)25-21(30)14-32-23-26-20(29)13-22(31)28(23)18-8-6-7-16(24)12-18/h6-13,29H,4-5,14H2,1-3H3,(H,25,30). The van der Waals surface area contributed by atoms with Gasteiger partial charge in [0.25, 0.3) is 5.56 Å². The van der Waals surface area contributed by atoms with Crippen molar-refractivity contribution in [3.63, 3.8) is 0 Å². The van der Waals surface area contributed by atoms with E-state index in [2.05, 4.69) is 29.0 Å². The highest BCUT2D eigenvalue weighted by molar-refractivity contribution is 7.99. The smallest absolute Gasteiger partial charge is 0.262 e. The number of carbonyl (C=O) groups is 1. The van der Waals surface area contributed by atoms with Crippen LogP contribution in [-0.4, -0.2) is 39.4 Å². The van der Waals surface area contributed by atoms with E-state index in [9.17, 15) is 14.7 Å². The van der Waals surface area contributed by atoms with E-state index in [-0.39, 0.29) is 16.8 Å². The summed E-state index contributed by atoms with van der Waals surface area (Å²) in [6, 6.07) is 13.7. The van der Waals surface area contributed by atoms with E-state index in [1.807, 2.05) is 25.1 Å². The Labute approximate surface area is 196 Å². The van der Waals surface area contributed by atoms with Crippen molar-refractivity contribution in [1.82, 2.24) is 9.55 Å². The summed E-state index contributed by atoms with van der Waals surface area (Å²) in [5, 5.41) is 13.4. The average molecular weight is 473 g/mol. The molecule has 1 amide bonds. The number of hydrogen-bond acceptors (Lipinski definition) is 6.